The van der Waals surface area contributed by atoms with Crippen molar-refractivity contribution in [2.75, 3.05) is 24.2 Å². The number of amides is 1. The number of benzene rings is 1. The number of ether oxygens (including phenoxy) is 1. The second-order valence-corrected chi connectivity index (χ2v) is 8.05. The number of aromatic nitrogens is 1. The lowest BCUT2D eigenvalue weighted by Crippen LogP contribution is -2.57. The Balaban J connectivity index is 1.70. The van der Waals surface area contributed by atoms with E-state index in [0.717, 1.165) is 28.0 Å². The van der Waals surface area contributed by atoms with Gasteiger partial charge in [-0.2, -0.15) is 13.2 Å². The van der Waals surface area contributed by atoms with E-state index in [2.05, 4.69) is 15.3 Å². The minimum Gasteiger partial charge on any atom is -0.462 e. The molecule has 0 bridgehead atoms. The Kier molecular flexibility index (Phi) is 4.49. The van der Waals surface area contributed by atoms with Crippen LogP contribution in [-0.2, 0) is 9.53 Å². The van der Waals surface area contributed by atoms with Gasteiger partial charge >= 0.3 is 17.8 Å². The number of esters is 1. The summed E-state index contributed by atoms with van der Waals surface area (Å²) in [4.78, 5) is 33.2. The first-order chi connectivity index (χ1) is 13.2. The molecule has 0 radical (unpaired) electrons. The van der Waals surface area contributed by atoms with E-state index >= 15 is 0 Å². The van der Waals surface area contributed by atoms with Crippen LogP contribution >= 0.6 is 23.1 Å². The highest BCUT2D eigenvalue weighted by atomic mass is 32.2. The van der Waals surface area contributed by atoms with Gasteiger partial charge in [-0.15, -0.1) is 0 Å². The third-order valence-corrected chi connectivity index (χ3v) is 6.08. The third kappa shape index (κ3) is 2.91. The largest absolute Gasteiger partial charge is 0.462 e. The Morgan fingerprint density at radius 1 is 1.43 bits per heavy atom. The quantitative estimate of drug-likeness (QED) is 0.751. The van der Waals surface area contributed by atoms with Gasteiger partial charge in [0.1, 0.15) is 0 Å². The minimum absolute atomic E-state index is 0.0560. The zero-order chi connectivity index (χ0) is 20.1. The van der Waals surface area contributed by atoms with Crippen LogP contribution in [0.25, 0.3) is 10.2 Å². The van der Waals surface area contributed by atoms with Crippen molar-refractivity contribution >= 4 is 55.5 Å². The fraction of sp³-hybridized carbons (Fsp3) is 0.375. The number of carbonyl (C=O) groups is 2. The summed E-state index contributed by atoms with van der Waals surface area (Å²) in [7, 11) is 0. The third-order valence-electron chi connectivity index (χ3n) is 4.19. The van der Waals surface area contributed by atoms with Gasteiger partial charge in [0.25, 0.3) is 5.91 Å². The van der Waals surface area contributed by atoms with E-state index in [9.17, 15) is 22.8 Å². The van der Waals surface area contributed by atoms with Crippen molar-refractivity contribution in [3.05, 3.63) is 23.8 Å². The summed E-state index contributed by atoms with van der Waals surface area (Å²) in [6.45, 7) is 2.06. The van der Waals surface area contributed by atoms with Gasteiger partial charge in [0.05, 0.1) is 22.4 Å². The molecule has 28 heavy (non-hydrogen) atoms. The van der Waals surface area contributed by atoms with Crippen LogP contribution in [0, 0.1) is 0 Å². The number of rotatable bonds is 4. The van der Waals surface area contributed by atoms with Crippen LogP contribution in [0.1, 0.15) is 17.3 Å². The highest BCUT2D eigenvalue weighted by molar-refractivity contribution is 8.14. The van der Waals surface area contributed by atoms with Crippen molar-refractivity contribution < 1.29 is 27.5 Å². The van der Waals surface area contributed by atoms with Gasteiger partial charge in [-0.25, -0.2) is 14.8 Å². The fourth-order valence-corrected chi connectivity index (χ4v) is 4.82. The van der Waals surface area contributed by atoms with Gasteiger partial charge < -0.3 is 10.1 Å². The number of halogens is 3. The lowest BCUT2D eigenvalue weighted by molar-refractivity contribution is -0.185. The smallest absolute Gasteiger partial charge is 0.442 e. The summed E-state index contributed by atoms with van der Waals surface area (Å²) in [5, 5.41) is 2.15. The molecule has 1 aromatic carbocycles. The maximum Gasteiger partial charge on any atom is 0.442 e. The van der Waals surface area contributed by atoms with Crippen molar-refractivity contribution in [1.29, 1.82) is 0 Å². The number of thiazole rings is 1. The number of amidine groups is 1. The maximum atomic E-state index is 13.9. The number of thioether (sulfide) groups is 1. The summed E-state index contributed by atoms with van der Waals surface area (Å²) < 4.78 is 47.0. The number of nitrogens with zero attached hydrogens (tertiary/aromatic N) is 3. The average Bonchev–Trinajstić information content (AvgIpc) is 3.30. The molecule has 1 saturated heterocycles. The number of aliphatic imine (C=N–C) groups is 1. The summed E-state index contributed by atoms with van der Waals surface area (Å²) in [6.07, 6.45) is -4.95. The molecule has 2 aromatic rings. The SMILES string of the molecule is CCOC(=O)c1ccc2nc(N[C@]3(C(F)(F)F)N=C4SCCN4C3=O)sc2c1. The Hall–Kier alpha value is -2.34. The second kappa shape index (κ2) is 6.62. The molecule has 1 atom stereocenters. The number of hydrogen-bond donors (Lipinski definition) is 1. The number of fused-ring (bicyclic) bond motifs is 2. The molecule has 4 rings (SSSR count). The molecular formula is C16H13F3N4O3S2. The maximum absolute atomic E-state index is 13.9. The van der Waals surface area contributed by atoms with Crippen LogP contribution < -0.4 is 5.32 Å². The van der Waals surface area contributed by atoms with Gasteiger partial charge in [0.15, 0.2) is 10.3 Å². The first kappa shape index (κ1) is 19.0. The van der Waals surface area contributed by atoms with Crippen LogP contribution in [-0.4, -0.2) is 57.7 Å². The van der Waals surface area contributed by atoms with Gasteiger partial charge in [-0.3, -0.25) is 9.69 Å². The first-order valence-electron chi connectivity index (χ1n) is 8.22. The fourth-order valence-electron chi connectivity index (χ4n) is 2.88. The number of carbonyl (C=O) groups excluding carboxylic acids is 2. The lowest BCUT2D eigenvalue weighted by Gasteiger charge is -2.28. The van der Waals surface area contributed by atoms with E-state index in [4.69, 9.17) is 4.74 Å². The first-order valence-corrected chi connectivity index (χ1v) is 10.0. The van der Waals surface area contributed by atoms with Gasteiger partial charge in [0, 0.05) is 12.3 Å². The van der Waals surface area contributed by atoms with Crippen LogP contribution in [0.2, 0.25) is 0 Å². The molecule has 7 nitrogen and oxygen atoms in total. The van der Waals surface area contributed by atoms with E-state index in [1.807, 2.05) is 0 Å². The summed E-state index contributed by atoms with van der Waals surface area (Å²) in [5.74, 6) is -1.18. The van der Waals surface area contributed by atoms with Gasteiger partial charge in [-0.05, 0) is 25.1 Å². The highest BCUT2D eigenvalue weighted by Gasteiger charge is 2.67. The normalized spacial score (nSPS) is 21.8. The number of hydrogen-bond acceptors (Lipinski definition) is 8. The number of alkyl halides is 3. The Bertz CT molecular complexity index is 1010. The average molecular weight is 430 g/mol. The molecule has 0 saturated carbocycles. The Labute approximate surface area is 165 Å². The van der Waals surface area contributed by atoms with Crippen molar-refractivity contribution in [1.82, 2.24) is 9.88 Å². The van der Waals surface area contributed by atoms with E-state index in [0.29, 0.717) is 16.0 Å². The summed E-state index contributed by atoms with van der Waals surface area (Å²) in [6, 6.07) is 4.49. The molecule has 1 aromatic heterocycles. The van der Waals surface area contributed by atoms with E-state index in [-0.39, 0.29) is 29.0 Å². The van der Waals surface area contributed by atoms with Crippen molar-refractivity contribution in [3.8, 4) is 0 Å². The van der Waals surface area contributed by atoms with Crippen LogP contribution in [0.5, 0.6) is 0 Å². The van der Waals surface area contributed by atoms with E-state index < -0.39 is 23.7 Å². The molecular weight excluding hydrogens is 417 g/mol. The topological polar surface area (TPSA) is 83.9 Å². The van der Waals surface area contributed by atoms with Crippen LogP contribution in [0.3, 0.4) is 0 Å². The summed E-state index contributed by atoms with van der Waals surface area (Å²) >= 11 is 2.01. The zero-order valence-electron chi connectivity index (χ0n) is 14.4. The van der Waals surface area contributed by atoms with Crippen molar-refractivity contribution in [2.24, 2.45) is 4.99 Å². The number of anilines is 1. The molecule has 1 N–H and O–H groups in total. The monoisotopic (exact) mass is 430 g/mol. The standard InChI is InChI=1S/C16H13F3N4O3S2/c1-2-26-11(24)8-3-4-9-10(7-8)28-13(20-9)21-15(16(17,18)19)12(25)23-5-6-27-14(23)22-15/h3-4,7H,2,5-6H2,1H3,(H,20,21)/t15-/m0/s1. The summed E-state index contributed by atoms with van der Waals surface area (Å²) in [5.41, 5.74) is -2.43. The number of nitrogens with one attached hydrogen (secondary N) is 1. The van der Waals surface area contributed by atoms with E-state index in [1.54, 1.807) is 6.92 Å². The second-order valence-electron chi connectivity index (χ2n) is 5.95. The molecule has 2 aliphatic heterocycles. The molecule has 3 heterocycles. The molecule has 0 spiro atoms. The minimum atomic E-state index is -4.95. The molecule has 1 fully saturated rings. The Morgan fingerprint density at radius 2 is 2.21 bits per heavy atom. The van der Waals surface area contributed by atoms with Crippen molar-refractivity contribution in [2.45, 2.75) is 18.8 Å². The predicted octanol–water partition coefficient (Wildman–Crippen LogP) is 3.09. The zero-order valence-corrected chi connectivity index (χ0v) is 16.0. The molecule has 1 amide bonds. The van der Waals surface area contributed by atoms with Gasteiger partial charge in [0.2, 0.25) is 0 Å². The van der Waals surface area contributed by atoms with Crippen molar-refractivity contribution in [3.63, 3.8) is 0 Å². The highest BCUT2D eigenvalue weighted by Crippen LogP contribution is 2.44. The molecule has 0 aliphatic carbocycles. The van der Waals surface area contributed by atoms with Crippen LogP contribution in [0.4, 0.5) is 18.3 Å². The molecule has 2 aliphatic rings. The predicted molar refractivity (Wildman–Crippen MR) is 99.6 cm³/mol. The van der Waals surface area contributed by atoms with Gasteiger partial charge in [-0.1, -0.05) is 23.1 Å². The lowest BCUT2D eigenvalue weighted by atomic mass is 10.1. The Morgan fingerprint density at radius 3 is 2.89 bits per heavy atom. The molecule has 0 unspecified atom stereocenters. The molecule has 148 valence electrons. The van der Waals surface area contributed by atoms with E-state index in [1.165, 1.54) is 18.2 Å². The van der Waals surface area contributed by atoms with Crippen LogP contribution in [0.15, 0.2) is 23.2 Å². The molecule has 12 heteroatoms.